The summed E-state index contributed by atoms with van der Waals surface area (Å²) < 4.78 is 46.8. The maximum atomic E-state index is 13.2. The second-order valence-corrected chi connectivity index (χ2v) is 6.54. The van der Waals surface area contributed by atoms with Crippen LogP contribution in [-0.4, -0.2) is 23.4 Å². The van der Waals surface area contributed by atoms with Gasteiger partial charge in [0, 0.05) is 17.7 Å². The molecule has 0 amide bonds. The van der Waals surface area contributed by atoms with Crippen molar-refractivity contribution in [3.63, 3.8) is 0 Å². The summed E-state index contributed by atoms with van der Waals surface area (Å²) in [6.45, 7) is 0.690. The van der Waals surface area contributed by atoms with Crippen LogP contribution >= 0.6 is 11.6 Å². The number of nitrogens with one attached hydrogen (secondary N) is 1. The summed E-state index contributed by atoms with van der Waals surface area (Å²) in [5, 5.41) is 7.53. The fraction of sp³-hybridized carbons (Fsp3) is 0.211. The minimum atomic E-state index is -4.53. The predicted molar refractivity (Wildman–Crippen MR) is 97.8 cm³/mol. The molecule has 0 fully saturated rings. The zero-order chi connectivity index (χ0) is 19.2. The summed E-state index contributed by atoms with van der Waals surface area (Å²) in [7, 11) is 1.56. The van der Waals surface area contributed by atoms with E-state index in [0.29, 0.717) is 35.7 Å². The predicted octanol–water partition coefficient (Wildman–Crippen LogP) is 5.19. The van der Waals surface area contributed by atoms with Gasteiger partial charge in [-0.05, 0) is 30.7 Å². The molecule has 4 rings (SSSR count). The number of ether oxygens (including phenoxy) is 1. The third-order valence-corrected chi connectivity index (χ3v) is 4.84. The molecule has 1 aliphatic rings. The number of aromatic nitrogens is 2. The van der Waals surface area contributed by atoms with E-state index >= 15 is 0 Å². The zero-order valence-corrected chi connectivity index (χ0v) is 15.0. The van der Waals surface area contributed by atoms with Gasteiger partial charge in [0.2, 0.25) is 0 Å². The molecule has 0 saturated carbocycles. The molecule has 140 valence electrons. The topological polar surface area (TPSA) is 39.1 Å². The zero-order valence-electron chi connectivity index (χ0n) is 14.3. The van der Waals surface area contributed by atoms with E-state index in [4.69, 9.17) is 16.3 Å². The lowest BCUT2D eigenvalue weighted by atomic mass is 10.0. The number of para-hydroxylation sites is 2. The third-order valence-electron chi connectivity index (χ3n) is 4.51. The van der Waals surface area contributed by atoms with Gasteiger partial charge in [-0.1, -0.05) is 29.8 Å². The summed E-state index contributed by atoms with van der Waals surface area (Å²) in [4.78, 5) is 0. The average molecular weight is 394 g/mol. The summed E-state index contributed by atoms with van der Waals surface area (Å²) >= 11 is 5.75. The molecule has 0 unspecified atom stereocenters. The Morgan fingerprint density at radius 1 is 1.19 bits per heavy atom. The van der Waals surface area contributed by atoms with Crippen molar-refractivity contribution in [2.45, 2.75) is 12.6 Å². The first kappa shape index (κ1) is 17.7. The van der Waals surface area contributed by atoms with E-state index in [9.17, 15) is 13.2 Å². The summed E-state index contributed by atoms with van der Waals surface area (Å²) in [6, 6.07) is 11.2. The molecule has 4 nitrogen and oxygen atoms in total. The highest BCUT2D eigenvalue weighted by Crippen LogP contribution is 2.40. The number of alkyl halides is 3. The van der Waals surface area contributed by atoms with Crippen molar-refractivity contribution in [3.05, 3.63) is 58.6 Å². The van der Waals surface area contributed by atoms with E-state index in [-0.39, 0.29) is 5.02 Å². The van der Waals surface area contributed by atoms with Gasteiger partial charge in [-0.25, -0.2) is 4.68 Å². The number of halogens is 4. The Morgan fingerprint density at radius 3 is 2.70 bits per heavy atom. The fourth-order valence-corrected chi connectivity index (χ4v) is 3.50. The number of fused-ring (bicyclic) bond motifs is 1. The van der Waals surface area contributed by atoms with Gasteiger partial charge in [0.1, 0.15) is 17.3 Å². The van der Waals surface area contributed by atoms with Crippen molar-refractivity contribution < 1.29 is 17.9 Å². The first-order valence-corrected chi connectivity index (χ1v) is 8.64. The maximum Gasteiger partial charge on any atom is 0.417 e. The van der Waals surface area contributed by atoms with Gasteiger partial charge < -0.3 is 10.1 Å². The molecule has 8 heteroatoms. The summed E-state index contributed by atoms with van der Waals surface area (Å²) in [6.07, 6.45) is -3.86. The molecule has 3 aromatic rings. The molecule has 0 aliphatic carbocycles. The van der Waals surface area contributed by atoms with Crippen molar-refractivity contribution in [2.24, 2.45) is 0 Å². The van der Waals surface area contributed by atoms with Crippen LogP contribution in [0, 0.1) is 0 Å². The highest BCUT2D eigenvalue weighted by atomic mass is 35.5. The number of benzene rings is 2. The molecule has 1 aliphatic heterocycles. The lowest BCUT2D eigenvalue weighted by Gasteiger charge is -2.11. The Bertz CT molecular complexity index is 1010. The molecule has 1 N–H and O–H groups in total. The van der Waals surface area contributed by atoms with Crippen molar-refractivity contribution in [1.29, 1.82) is 0 Å². The molecule has 0 spiro atoms. The van der Waals surface area contributed by atoms with Crippen LogP contribution in [0.4, 0.5) is 19.0 Å². The Morgan fingerprint density at radius 2 is 1.96 bits per heavy atom. The molecule has 0 bridgehead atoms. The van der Waals surface area contributed by atoms with Gasteiger partial charge in [0.05, 0.1) is 23.4 Å². The van der Waals surface area contributed by atoms with Crippen LogP contribution in [0.15, 0.2) is 42.5 Å². The Hall–Kier alpha value is -2.67. The van der Waals surface area contributed by atoms with Crippen LogP contribution in [-0.2, 0) is 12.6 Å². The molecular weight excluding hydrogens is 379 g/mol. The van der Waals surface area contributed by atoms with Gasteiger partial charge in [-0.2, -0.15) is 18.3 Å². The molecule has 1 aromatic heterocycles. The standard InChI is InChI=1S/C19H15ClF3N3O/c1-27-16-5-3-2-4-15(16)26-18-12(8-9-24-18)17(25-26)11-6-7-14(20)13(10-11)19(21,22)23/h2-7,10,24H,8-9H2,1H3. The molecule has 0 atom stereocenters. The molecule has 2 heterocycles. The number of hydrogen-bond donors (Lipinski definition) is 1. The Kier molecular flexibility index (Phi) is 4.26. The van der Waals surface area contributed by atoms with Crippen LogP contribution in [0.5, 0.6) is 5.75 Å². The second-order valence-electron chi connectivity index (χ2n) is 6.13. The molecule has 0 radical (unpaired) electrons. The third kappa shape index (κ3) is 3.02. The van der Waals surface area contributed by atoms with E-state index in [0.717, 1.165) is 17.4 Å². The van der Waals surface area contributed by atoms with Crippen molar-refractivity contribution >= 4 is 17.4 Å². The fourth-order valence-electron chi connectivity index (χ4n) is 3.28. The lowest BCUT2D eigenvalue weighted by Crippen LogP contribution is -2.07. The monoisotopic (exact) mass is 393 g/mol. The van der Waals surface area contributed by atoms with Gasteiger partial charge in [0.25, 0.3) is 0 Å². The molecule has 2 aromatic carbocycles. The Balaban J connectivity index is 1.90. The van der Waals surface area contributed by atoms with Crippen LogP contribution in [0.1, 0.15) is 11.1 Å². The van der Waals surface area contributed by atoms with E-state index in [1.165, 1.54) is 6.07 Å². The molecular formula is C19H15ClF3N3O. The van der Waals surface area contributed by atoms with Crippen molar-refractivity contribution in [1.82, 2.24) is 9.78 Å². The first-order chi connectivity index (χ1) is 12.9. The van der Waals surface area contributed by atoms with Crippen molar-refractivity contribution in [2.75, 3.05) is 19.0 Å². The number of methoxy groups -OCH3 is 1. The number of nitrogens with zero attached hydrogens (tertiary/aromatic N) is 2. The van der Waals surface area contributed by atoms with Gasteiger partial charge in [0.15, 0.2) is 0 Å². The van der Waals surface area contributed by atoms with Crippen LogP contribution in [0.2, 0.25) is 5.02 Å². The average Bonchev–Trinajstić information content (AvgIpc) is 3.24. The van der Waals surface area contributed by atoms with Crippen LogP contribution < -0.4 is 10.1 Å². The van der Waals surface area contributed by atoms with Gasteiger partial charge in [-0.15, -0.1) is 0 Å². The summed E-state index contributed by atoms with van der Waals surface area (Å²) in [5.41, 5.74) is 1.59. The highest BCUT2D eigenvalue weighted by Gasteiger charge is 2.34. The minimum Gasteiger partial charge on any atom is -0.494 e. The van der Waals surface area contributed by atoms with E-state index in [1.54, 1.807) is 17.9 Å². The van der Waals surface area contributed by atoms with Crippen LogP contribution in [0.3, 0.4) is 0 Å². The SMILES string of the molecule is COc1ccccc1-n1nc(-c2ccc(Cl)c(C(F)(F)F)c2)c2c1NCC2. The maximum absolute atomic E-state index is 13.2. The number of rotatable bonds is 3. The smallest absolute Gasteiger partial charge is 0.417 e. The largest absolute Gasteiger partial charge is 0.494 e. The lowest BCUT2D eigenvalue weighted by molar-refractivity contribution is -0.137. The van der Waals surface area contributed by atoms with Gasteiger partial charge >= 0.3 is 6.18 Å². The van der Waals surface area contributed by atoms with E-state index in [2.05, 4.69) is 10.4 Å². The van der Waals surface area contributed by atoms with E-state index < -0.39 is 11.7 Å². The highest BCUT2D eigenvalue weighted by molar-refractivity contribution is 6.31. The van der Waals surface area contributed by atoms with E-state index in [1.807, 2.05) is 24.3 Å². The van der Waals surface area contributed by atoms with Gasteiger partial charge in [-0.3, -0.25) is 0 Å². The molecule has 27 heavy (non-hydrogen) atoms. The van der Waals surface area contributed by atoms with Crippen LogP contribution in [0.25, 0.3) is 16.9 Å². The molecule has 0 saturated heterocycles. The second kappa shape index (κ2) is 6.49. The minimum absolute atomic E-state index is 0.329. The quantitative estimate of drug-likeness (QED) is 0.665. The first-order valence-electron chi connectivity index (χ1n) is 8.26. The number of anilines is 1. The summed E-state index contributed by atoms with van der Waals surface area (Å²) in [5.74, 6) is 1.38. The van der Waals surface area contributed by atoms with Crippen molar-refractivity contribution in [3.8, 4) is 22.7 Å². The number of hydrogen-bond acceptors (Lipinski definition) is 3. The normalized spacial score (nSPS) is 13.4. The Labute approximate surface area is 158 Å².